The summed E-state index contributed by atoms with van der Waals surface area (Å²) in [5.41, 5.74) is 5.95. The van der Waals surface area contributed by atoms with Crippen LogP contribution in [0.1, 0.15) is 0 Å². The highest BCUT2D eigenvalue weighted by Gasteiger charge is 2.27. The van der Waals surface area contributed by atoms with E-state index in [4.69, 9.17) is 10.5 Å². The molecule has 0 aliphatic rings. The van der Waals surface area contributed by atoms with Gasteiger partial charge in [0.15, 0.2) is 6.61 Å². The van der Waals surface area contributed by atoms with Gasteiger partial charge in [0, 0.05) is 5.69 Å². The SMILES string of the molecule is Nc1ccc(OCC(=O)NCC(F)(F)F)cc1. The van der Waals surface area contributed by atoms with E-state index in [0.717, 1.165) is 0 Å². The Balaban J connectivity index is 2.31. The van der Waals surface area contributed by atoms with Crippen LogP contribution in [-0.4, -0.2) is 25.2 Å². The van der Waals surface area contributed by atoms with Crippen molar-refractivity contribution in [3.05, 3.63) is 24.3 Å². The molecule has 0 aromatic heterocycles. The summed E-state index contributed by atoms with van der Waals surface area (Å²) >= 11 is 0. The summed E-state index contributed by atoms with van der Waals surface area (Å²) in [4.78, 5) is 11.0. The molecule has 4 nitrogen and oxygen atoms in total. The molecule has 0 atom stereocenters. The van der Waals surface area contributed by atoms with Gasteiger partial charge in [0.1, 0.15) is 12.3 Å². The fraction of sp³-hybridized carbons (Fsp3) is 0.300. The van der Waals surface area contributed by atoms with Crippen molar-refractivity contribution in [2.45, 2.75) is 6.18 Å². The van der Waals surface area contributed by atoms with Crippen LogP contribution in [-0.2, 0) is 4.79 Å². The molecule has 7 heteroatoms. The molecule has 0 radical (unpaired) electrons. The third-order valence-electron chi connectivity index (χ3n) is 1.74. The lowest BCUT2D eigenvalue weighted by Gasteiger charge is -2.09. The second-order valence-corrected chi connectivity index (χ2v) is 3.25. The number of anilines is 1. The highest BCUT2D eigenvalue weighted by molar-refractivity contribution is 5.77. The van der Waals surface area contributed by atoms with E-state index < -0.39 is 25.2 Å². The van der Waals surface area contributed by atoms with Crippen molar-refractivity contribution >= 4 is 11.6 Å². The van der Waals surface area contributed by atoms with Crippen molar-refractivity contribution in [3.8, 4) is 5.75 Å². The first kappa shape index (κ1) is 13.1. The molecular formula is C10H11F3N2O2. The number of carbonyl (C=O) groups is 1. The van der Waals surface area contributed by atoms with Gasteiger partial charge in [0.2, 0.25) is 0 Å². The lowest BCUT2D eigenvalue weighted by Crippen LogP contribution is -2.36. The third-order valence-corrected chi connectivity index (χ3v) is 1.74. The summed E-state index contributed by atoms with van der Waals surface area (Å²) in [6.45, 7) is -1.84. The lowest BCUT2D eigenvalue weighted by atomic mass is 10.3. The Labute approximate surface area is 95.6 Å². The number of rotatable bonds is 4. The third kappa shape index (κ3) is 5.64. The van der Waals surface area contributed by atoms with E-state index in [-0.39, 0.29) is 0 Å². The van der Waals surface area contributed by atoms with Crippen LogP contribution >= 0.6 is 0 Å². The fourth-order valence-electron chi connectivity index (χ4n) is 0.963. The Morgan fingerprint density at radius 3 is 2.41 bits per heavy atom. The molecule has 3 N–H and O–H groups in total. The minimum absolute atomic E-state index is 0.362. The van der Waals surface area contributed by atoms with E-state index in [1.165, 1.54) is 12.1 Å². The van der Waals surface area contributed by atoms with Crippen LogP contribution in [0.4, 0.5) is 18.9 Å². The van der Waals surface area contributed by atoms with E-state index in [2.05, 4.69) is 0 Å². The second-order valence-electron chi connectivity index (χ2n) is 3.25. The maximum Gasteiger partial charge on any atom is 0.405 e. The molecule has 0 fully saturated rings. The molecule has 0 aliphatic heterocycles. The number of carbonyl (C=O) groups excluding carboxylic acids is 1. The van der Waals surface area contributed by atoms with Gasteiger partial charge in [-0.05, 0) is 24.3 Å². The van der Waals surface area contributed by atoms with E-state index in [9.17, 15) is 18.0 Å². The molecule has 0 saturated heterocycles. The number of amides is 1. The lowest BCUT2D eigenvalue weighted by molar-refractivity contribution is -0.139. The highest BCUT2D eigenvalue weighted by atomic mass is 19.4. The Bertz CT molecular complexity index is 376. The van der Waals surface area contributed by atoms with Gasteiger partial charge >= 0.3 is 6.18 Å². The fourth-order valence-corrected chi connectivity index (χ4v) is 0.963. The number of nitrogens with one attached hydrogen (secondary N) is 1. The van der Waals surface area contributed by atoms with Crippen LogP contribution in [0.15, 0.2) is 24.3 Å². The number of benzene rings is 1. The van der Waals surface area contributed by atoms with Crippen LogP contribution in [0.25, 0.3) is 0 Å². The predicted molar refractivity (Wildman–Crippen MR) is 55.4 cm³/mol. The topological polar surface area (TPSA) is 64.3 Å². The number of halogens is 3. The average Bonchev–Trinajstić information content (AvgIpc) is 2.25. The number of hydrogen-bond donors (Lipinski definition) is 2. The minimum Gasteiger partial charge on any atom is -0.484 e. The van der Waals surface area contributed by atoms with Crippen LogP contribution < -0.4 is 15.8 Å². The number of nitrogen functional groups attached to an aromatic ring is 1. The molecule has 0 spiro atoms. The normalized spacial score (nSPS) is 11.0. The standard InChI is InChI=1S/C10H11F3N2O2/c11-10(12,13)6-15-9(16)5-17-8-3-1-7(14)2-4-8/h1-4H,5-6,14H2,(H,15,16). The van der Waals surface area contributed by atoms with Gasteiger partial charge in [-0.1, -0.05) is 0 Å². The zero-order valence-electron chi connectivity index (χ0n) is 8.75. The predicted octanol–water partition coefficient (Wildman–Crippen LogP) is 1.33. The summed E-state index contributed by atoms with van der Waals surface area (Å²) in [6.07, 6.45) is -4.42. The van der Waals surface area contributed by atoms with Gasteiger partial charge in [-0.25, -0.2) is 0 Å². The first-order valence-corrected chi connectivity index (χ1v) is 4.68. The number of alkyl halides is 3. The summed E-state index contributed by atoms with van der Waals surface area (Å²) in [7, 11) is 0. The highest BCUT2D eigenvalue weighted by Crippen LogP contribution is 2.13. The van der Waals surface area contributed by atoms with Gasteiger partial charge in [-0.15, -0.1) is 0 Å². The molecule has 1 rings (SSSR count). The van der Waals surface area contributed by atoms with Gasteiger partial charge in [-0.3, -0.25) is 4.79 Å². The van der Waals surface area contributed by atoms with E-state index >= 15 is 0 Å². The molecule has 1 aromatic rings. The Morgan fingerprint density at radius 2 is 1.88 bits per heavy atom. The number of nitrogens with two attached hydrogens (primary N) is 1. The second kappa shape index (κ2) is 5.42. The molecule has 0 unspecified atom stereocenters. The maximum absolute atomic E-state index is 11.8. The van der Waals surface area contributed by atoms with Gasteiger partial charge in [0.05, 0.1) is 0 Å². The van der Waals surface area contributed by atoms with E-state index in [1.54, 1.807) is 17.4 Å². The molecule has 94 valence electrons. The molecular weight excluding hydrogens is 237 g/mol. The molecule has 1 aromatic carbocycles. The molecule has 0 aliphatic carbocycles. The van der Waals surface area contributed by atoms with Crippen molar-refractivity contribution in [2.75, 3.05) is 18.9 Å². The molecule has 17 heavy (non-hydrogen) atoms. The van der Waals surface area contributed by atoms with Gasteiger partial charge < -0.3 is 15.8 Å². The molecule has 0 heterocycles. The van der Waals surface area contributed by atoms with Crippen LogP contribution in [0.5, 0.6) is 5.75 Å². The zero-order chi connectivity index (χ0) is 12.9. The summed E-state index contributed by atoms with van der Waals surface area (Å²) < 4.78 is 40.2. The minimum atomic E-state index is -4.42. The van der Waals surface area contributed by atoms with Crippen molar-refractivity contribution in [2.24, 2.45) is 0 Å². The van der Waals surface area contributed by atoms with Crippen molar-refractivity contribution in [1.29, 1.82) is 0 Å². The van der Waals surface area contributed by atoms with Crippen molar-refractivity contribution in [1.82, 2.24) is 5.32 Å². The van der Waals surface area contributed by atoms with Gasteiger partial charge in [-0.2, -0.15) is 13.2 Å². The number of hydrogen-bond acceptors (Lipinski definition) is 3. The quantitative estimate of drug-likeness (QED) is 0.790. The van der Waals surface area contributed by atoms with Gasteiger partial charge in [0.25, 0.3) is 5.91 Å². The van der Waals surface area contributed by atoms with Crippen molar-refractivity contribution in [3.63, 3.8) is 0 Å². The Morgan fingerprint density at radius 1 is 1.29 bits per heavy atom. The molecule has 0 bridgehead atoms. The van der Waals surface area contributed by atoms with Crippen molar-refractivity contribution < 1.29 is 22.7 Å². The summed E-state index contributed by atoms with van der Waals surface area (Å²) in [6, 6.07) is 6.16. The monoisotopic (exact) mass is 248 g/mol. The smallest absolute Gasteiger partial charge is 0.405 e. The van der Waals surface area contributed by atoms with Crippen LogP contribution in [0.2, 0.25) is 0 Å². The molecule has 0 saturated carbocycles. The zero-order valence-corrected chi connectivity index (χ0v) is 8.75. The molecule has 1 amide bonds. The Hall–Kier alpha value is -1.92. The van der Waals surface area contributed by atoms with E-state index in [1.807, 2.05) is 0 Å². The average molecular weight is 248 g/mol. The first-order valence-electron chi connectivity index (χ1n) is 4.68. The Kier molecular flexibility index (Phi) is 4.19. The largest absolute Gasteiger partial charge is 0.484 e. The maximum atomic E-state index is 11.8. The van der Waals surface area contributed by atoms with Crippen LogP contribution in [0.3, 0.4) is 0 Å². The number of ether oxygens (including phenoxy) is 1. The van der Waals surface area contributed by atoms with E-state index in [0.29, 0.717) is 11.4 Å². The van der Waals surface area contributed by atoms with Crippen LogP contribution in [0, 0.1) is 0 Å². The first-order chi connectivity index (χ1) is 7.87. The summed E-state index contributed by atoms with van der Waals surface area (Å²) in [5.74, 6) is -0.472. The summed E-state index contributed by atoms with van der Waals surface area (Å²) in [5, 5.41) is 1.69.